The molecule has 4 aliphatic rings. The summed E-state index contributed by atoms with van der Waals surface area (Å²) in [6, 6.07) is 0. The van der Waals surface area contributed by atoms with E-state index in [-0.39, 0.29) is 53.0 Å². The third kappa shape index (κ3) is 5.37. The molecule has 11 nitrogen and oxygen atoms in total. The van der Waals surface area contributed by atoms with E-state index in [4.69, 9.17) is 36.1 Å². The van der Waals surface area contributed by atoms with Gasteiger partial charge in [-0.05, 0) is 86.4 Å². The number of ether oxygens (including phenoxy) is 4. The molecule has 4 rings (SSSR count). The molecule has 39 heavy (non-hydrogen) atoms. The molecule has 0 saturated heterocycles. The molecule has 6 N–H and O–H groups in total. The van der Waals surface area contributed by atoms with E-state index in [2.05, 4.69) is 20.8 Å². The van der Waals surface area contributed by atoms with Crippen molar-refractivity contribution in [2.24, 2.45) is 63.5 Å². The molecule has 0 aromatic heterocycles. The maximum atomic E-state index is 12.2. The minimum absolute atomic E-state index is 0.0305. The van der Waals surface area contributed by atoms with Gasteiger partial charge in [-0.3, -0.25) is 4.79 Å². The Hall–Kier alpha value is -2.72. The average Bonchev–Trinajstić information content (AvgIpc) is 3.20. The zero-order valence-corrected chi connectivity index (χ0v) is 23.6. The first-order chi connectivity index (χ1) is 18.3. The van der Waals surface area contributed by atoms with Gasteiger partial charge in [-0.15, -0.1) is 0 Å². The number of amides is 3. The third-order valence-electron chi connectivity index (χ3n) is 11.3. The van der Waals surface area contributed by atoms with Crippen LogP contribution >= 0.6 is 0 Å². The Morgan fingerprint density at radius 1 is 0.872 bits per heavy atom. The molecule has 0 aromatic carbocycles. The lowest BCUT2D eigenvalue weighted by Crippen LogP contribution is -2.63. The van der Waals surface area contributed by atoms with Crippen molar-refractivity contribution < 1.29 is 38.1 Å². The quantitative estimate of drug-likeness (QED) is 0.315. The largest absolute Gasteiger partial charge is 0.469 e. The maximum absolute atomic E-state index is 12.2. The number of hydrogen-bond donors (Lipinski definition) is 3. The zero-order chi connectivity index (χ0) is 28.7. The second-order valence-corrected chi connectivity index (χ2v) is 12.8. The van der Waals surface area contributed by atoms with E-state index in [9.17, 15) is 19.2 Å². The van der Waals surface area contributed by atoms with Gasteiger partial charge in [0.2, 0.25) is 0 Å². The van der Waals surface area contributed by atoms with Crippen molar-refractivity contribution in [1.29, 1.82) is 0 Å². The first-order valence-electron chi connectivity index (χ1n) is 14.3. The summed E-state index contributed by atoms with van der Waals surface area (Å²) in [4.78, 5) is 47.7. The van der Waals surface area contributed by atoms with Crippen molar-refractivity contribution in [3.05, 3.63) is 0 Å². The zero-order valence-electron chi connectivity index (χ0n) is 23.6. The number of fused-ring (bicyclic) bond motifs is 5. The van der Waals surface area contributed by atoms with Crippen LogP contribution in [0, 0.1) is 46.3 Å². The fourth-order valence-electron chi connectivity index (χ4n) is 9.57. The first kappa shape index (κ1) is 29.3. The lowest BCUT2D eigenvalue weighted by Gasteiger charge is -2.64. The molecule has 11 atom stereocenters. The lowest BCUT2D eigenvalue weighted by atomic mass is 9.43. The molecule has 0 spiro atoms. The Morgan fingerprint density at radius 3 is 2.15 bits per heavy atom. The Labute approximate surface area is 230 Å². The predicted molar refractivity (Wildman–Crippen MR) is 140 cm³/mol. The summed E-state index contributed by atoms with van der Waals surface area (Å²) >= 11 is 0. The summed E-state index contributed by atoms with van der Waals surface area (Å²) in [5, 5.41) is 0. The van der Waals surface area contributed by atoms with Crippen molar-refractivity contribution in [1.82, 2.24) is 0 Å². The highest BCUT2D eigenvalue weighted by Crippen LogP contribution is 2.69. The van der Waals surface area contributed by atoms with Crippen LogP contribution < -0.4 is 17.2 Å². The number of primary amides is 3. The van der Waals surface area contributed by atoms with E-state index >= 15 is 0 Å². The van der Waals surface area contributed by atoms with Crippen LogP contribution in [0.15, 0.2) is 0 Å². The molecule has 0 heterocycles. The second-order valence-electron chi connectivity index (χ2n) is 12.8. The third-order valence-corrected chi connectivity index (χ3v) is 11.3. The maximum Gasteiger partial charge on any atom is 0.404 e. The van der Waals surface area contributed by atoms with Gasteiger partial charge in [0.15, 0.2) is 0 Å². The van der Waals surface area contributed by atoms with E-state index in [0.29, 0.717) is 38.5 Å². The number of carbonyl (C=O) groups excluding carboxylic acids is 4. The summed E-state index contributed by atoms with van der Waals surface area (Å²) < 4.78 is 22.0. The SMILES string of the molecule is COC(=O)CC[C@@H](C)[C@H]1CC[C@H]2[C@@H]3[C@H](OC(N)=O)C[C@@H]4C[C@H](OC(N)=O)CC[C@]4(C)[C@H]3C[C@H](OC(N)=O)[C@]12C. The fraction of sp³-hybridized carbons (Fsp3) is 0.857. The van der Waals surface area contributed by atoms with Gasteiger partial charge < -0.3 is 36.1 Å². The molecular weight excluding hydrogens is 506 g/mol. The van der Waals surface area contributed by atoms with E-state index in [0.717, 1.165) is 19.3 Å². The van der Waals surface area contributed by atoms with Gasteiger partial charge in [0.1, 0.15) is 18.3 Å². The molecule has 0 aromatic rings. The Morgan fingerprint density at radius 2 is 1.54 bits per heavy atom. The number of methoxy groups -OCH3 is 1. The van der Waals surface area contributed by atoms with Gasteiger partial charge in [-0.1, -0.05) is 20.8 Å². The normalized spacial score (nSPS) is 41.6. The van der Waals surface area contributed by atoms with Crippen molar-refractivity contribution in [2.75, 3.05) is 7.11 Å². The Balaban J connectivity index is 1.70. The average molecular weight is 552 g/mol. The van der Waals surface area contributed by atoms with Crippen molar-refractivity contribution in [3.63, 3.8) is 0 Å². The molecule has 4 aliphatic carbocycles. The smallest absolute Gasteiger partial charge is 0.404 e. The second kappa shape index (κ2) is 11.0. The summed E-state index contributed by atoms with van der Waals surface area (Å²) in [6.45, 7) is 6.59. The van der Waals surface area contributed by atoms with Crippen molar-refractivity contribution in [3.8, 4) is 0 Å². The highest BCUT2D eigenvalue weighted by atomic mass is 16.6. The lowest BCUT2D eigenvalue weighted by molar-refractivity contribution is -0.205. The van der Waals surface area contributed by atoms with E-state index in [1.165, 1.54) is 7.11 Å². The minimum Gasteiger partial charge on any atom is -0.469 e. The van der Waals surface area contributed by atoms with E-state index in [1.807, 2.05) is 0 Å². The summed E-state index contributed by atoms with van der Waals surface area (Å²) in [5.74, 6) is 0.441. The van der Waals surface area contributed by atoms with Gasteiger partial charge in [-0.2, -0.15) is 0 Å². The summed E-state index contributed by atoms with van der Waals surface area (Å²) in [6.07, 6.45) is 2.62. The molecule has 3 amide bonds. The number of esters is 1. The molecule has 11 heteroatoms. The topological polar surface area (TPSA) is 183 Å². The Bertz CT molecular complexity index is 976. The van der Waals surface area contributed by atoms with Crippen LogP contribution in [0.4, 0.5) is 14.4 Å². The van der Waals surface area contributed by atoms with E-state index < -0.39 is 35.9 Å². The van der Waals surface area contributed by atoms with Crippen LogP contribution in [0.5, 0.6) is 0 Å². The molecule has 0 unspecified atom stereocenters. The highest BCUT2D eigenvalue weighted by molar-refractivity contribution is 5.69. The van der Waals surface area contributed by atoms with Gasteiger partial charge in [0, 0.05) is 17.8 Å². The van der Waals surface area contributed by atoms with Crippen molar-refractivity contribution in [2.45, 2.75) is 96.9 Å². The molecule has 0 aliphatic heterocycles. The van der Waals surface area contributed by atoms with Gasteiger partial charge >= 0.3 is 24.2 Å². The fourth-order valence-corrected chi connectivity index (χ4v) is 9.57. The molecular formula is C28H45N3O8. The van der Waals surface area contributed by atoms with E-state index in [1.54, 1.807) is 0 Å². The predicted octanol–water partition coefficient (Wildman–Crippen LogP) is 3.85. The van der Waals surface area contributed by atoms with Gasteiger partial charge in [0.25, 0.3) is 0 Å². The molecule has 0 radical (unpaired) electrons. The number of nitrogens with two attached hydrogens (primary N) is 3. The van der Waals surface area contributed by atoms with Crippen LogP contribution in [0.2, 0.25) is 0 Å². The first-order valence-corrected chi connectivity index (χ1v) is 14.3. The van der Waals surface area contributed by atoms with Gasteiger partial charge in [0.05, 0.1) is 7.11 Å². The van der Waals surface area contributed by atoms with Crippen LogP contribution in [-0.2, 0) is 23.7 Å². The van der Waals surface area contributed by atoms with Gasteiger partial charge in [-0.25, -0.2) is 14.4 Å². The molecule has 0 bridgehead atoms. The molecule has 4 fully saturated rings. The monoisotopic (exact) mass is 551 g/mol. The molecule has 4 saturated carbocycles. The molecule has 220 valence electrons. The number of hydrogen-bond acceptors (Lipinski definition) is 8. The van der Waals surface area contributed by atoms with Crippen LogP contribution in [0.25, 0.3) is 0 Å². The minimum atomic E-state index is -0.804. The summed E-state index contributed by atoms with van der Waals surface area (Å²) in [5.41, 5.74) is 16.0. The van der Waals surface area contributed by atoms with Crippen molar-refractivity contribution >= 4 is 24.2 Å². The van der Waals surface area contributed by atoms with Crippen LogP contribution in [0.1, 0.15) is 78.6 Å². The van der Waals surface area contributed by atoms with Crippen LogP contribution in [-0.4, -0.2) is 49.7 Å². The highest BCUT2D eigenvalue weighted by Gasteiger charge is 2.67. The summed E-state index contributed by atoms with van der Waals surface area (Å²) in [7, 11) is 1.39. The van der Waals surface area contributed by atoms with Crippen LogP contribution in [0.3, 0.4) is 0 Å². The number of rotatable bonds is 7. The Kier molecular flexibility index (Phi) is 8.28. The standard InChI is InChI=1S/C28H45N3O8/c1-14(5-8-22(32)36-4)17-6-7-18-23-19(13-21(28(17,18)3)39-26(31)35)27(2)10-9-16(37-24(29)33)11-15(27)12-20(23)38-25(30)34/h14-21,23H,5-13H2,1-4H3,(H2,29,33)(H2,30,34)(H2,31,35)/t14-,15+,16-,17-,18+,19+,20-,21+,23+,27+,28-/m1/s1. The number of carbonyl (C=O) groups is 4.